The van der Waals surface area contributed by atoms with Crippen LogP contribution in [0.25, 0.3) is 0 Å². The van der Waals surface area contributed by atoms with Gasteiger partial charge in [-0.1, -0.05) is 13.0 Å². The van der Waals surface area contributed by atoms with Crippen molar-refractivity contribution in [3.63, 3.8) is 0 Å². The summed E-state index contributed by atoms with van der Waals surface area (Å²) in [5.74, 6) is 2.08. The summed E-state index contributed by atoms with van der Waals surface area (Å²) in [5, 5.41) is 3.61. The predicted octanol–water partition coefficient (Wildman–Crippen LogP) is 3.35. The van der Waals surface area contributed by atoms with E-state index in [0.717, 1.165) is 18.5 Å². The largest absolute Gasteiger partial charge is 0.356 e. The van der Waals surface area contributed by atoms with Gasteiger partial charge in [-0.25, -0.2) is 4.98 Å². The molecule has 3 rings (SSSR count). The summed E-state index contributed by atoms with van der Waals surface area (Å²) in [6, 6.07) is 5.70. The van der Waals surface area contributed by atoms with Crippen LogP contribution in [0.4, 0.5) is 5.82 Å². The number of nitrogens with one attached hydrogen (secondary N) is 1. The molecule has 2 aliphatic carbocycles. The molecule has 0 spiro atoms. The van der Waals surface area contributed by atoms with Crippen molar-refractivity contribution < 1.29 is 0 Å². The minimum atomic E-state index is 0.667. The van der Waals surface area contributed by atoms with Crippen molar-refractivity contribution in [2.45, 2.75) is 64.1 Å². The van der Waals surface area contributed by atoms with Crippen LogP contribution >= 0.6 is 0 Å². The molecule has 0 amide bonds. The van der Waals surface area contributed by atoms with Crippen LogP contribution < -0.4 is 10.2 Å². The number of aromatic nitrogens is 1. The number of nitrogens with zero attached hydrogens (tertiary/aromatic N) is 2. The number of hydrogen-bond donors (Lipinski definition) is 1. The highest BCUT2D eigenvalue weighted by Gasteiger charge is 2.25. The highest BCUT2D eigenvalue weighted by atomic mass is 15.2. The molecule has 2 fully saturated rings. The zero-order valence-electron chi connectivity index (χ0n) is 12.8. The van der Waals surface area contributed by atoms with Crippen molar-refractivity contribution in [2.75, 3.05) is 11.9 Å². The number of anilines is 1. The fourth-order valence-corrected chi connectivity index (χ4v) is 3.23. The first-order chi connectivity index (χ1) is 9.74. The normalized spacial score (nSPS) is 26.5. The molecule has 1 aromatic rings. The Balaban J connectivity index is 1.67. The number of rotatable bonds is 5. The third-order valence-electron chi connectivity index (χ3n) is 4.89. The maximum atomic E-state index is 4.66. The van der Waals surface area contributed by atoms with E-state index in [-0.39, 0.29) is 0 Å². The topological polar surface area (TPSA) is 28.2 Å². The van der Waals surface area contributed by atoms with Gasteiger partial charge in [0.15, 0.2) is 0 Å². The molecule has 2 aliphatic rings. The molecular formula is C17H27N3. The quantitative estimate of drug-likeness (QED) is 0.891. The molecule has 1 heterocycles. The highest BCUT2D eigenvalue weighted by molar-refractivity contribution is 5.47. The lowest BCUT2D eigenvalue weighted by Crippen LogP contribution is -2.36. The van der Waals surface area contributed by atoms with E-state index in [9.17, 15) is 0 Å². The third kappa shape index (κ3) is 3.32. The second-order valence-electron chi connectivity index (χ2n) is 6.67. The Morgan fingerprint density at radius 1 is 1.20 bits per heavy atom. The van der Waals surface area contributed by atoms with E-state index >= 15 is 0 Å². The summed E-state index contributed by atoms with van der Waals surface area (Å²) in [6.07, 6.45) is 9.94. The van der Waals surface area contributed by atoms with Gasteiger partial charge in [-0.15, -0.1) is 0 Å². The van der Waals surface area contributed by atoms with Gasteiger partial charge in [-0.05, 0) is 50.5 Å². The zero-order valence-corrected chi connectivity index (χ0v) is 12.8. The molecule has 3 heteroatoms. The SMILES string of the molecule is CC1CCC(N(C)c2ncccc2CNC2CC2)CC1. The third-order valence-corrected chi connectivity index (χ3v) is 4.89. The second-order valence-corrected chi connectivity index (χ2v) is 6.67. The van der Waals surface area contributed by atoms with E-state index in [4.69, 9.17) is 0 Å². The average Bonchev–Trinajstić information content (AvgIpc) is 3.30. The molecule has 1 N–H and O–H groups in total. The molecule has 20 heavy (non-hydrogen) atoms. The lowest BCUT2D eigenvalue weighted by atomic mass is 9.86. The monoisotopic (exact) mass is 273 g/mol. The Kier molecular flexibility index (Phi) is 4.25. The van der Waals surface area contributed by atoms with Gasteiger partial charge in [0, 0.05) is 37.4 Å². The summed E-state index contributed by atoms with van der Waals surface area (Å²) in [5.41, 5.74) is 1.35. The van der Waals surface area contributed by atoms with Crippen LogP contribution in [0.1, 0.15) is 51.0 Å². The molecule has 0 unspecified atom stereocenters. The molecule has 2 saturated carbocycles. The summed E-state index contributed by atoms with van der Waals surface area (Å²) in [4.78, 5) is 7.08. The Bertz CT molecular complexity index is 434. The summed E-state index contributed by atoms with van der Waals surface area (Å²) < 4.78 is 0. The lowest BCUT2D eigenvalue weighted by Gasteiger charge is -2.35. The van der Waals surface area contributed by atoms with E-state index in [1.807, 2.05) is 6.20 Å². The van der Waals surface area contributed by atoms with Crippen molar-refractivity contribution in [2.24, 2.45) is 5.92 Å². The van der Waals surface area contributed by atoms with Gasteiger partial charge in [-0.3, -0.25) is 0 Å². The molecule has 0 bridgehead atoms. The summed E-state index contributed by atoms with van der Waals surface area (Å²) in [6.45, 7) is 3.34. The van der Waals surface area contributed by atoms with Crippen LogP contribution in [0, 0.1) is 5.92 Å². The zero-order chi connectivity index (χ0) is 13.9. The van der Waals surface area contributed by atoms with Crippen molar-refractivity contribution in [1.82, 2.24) is 10.3 Å². The Morgan fingerprint density at radius 3 is 2.65 bits per heavy atom. The van der Waals surface area contributed by atoms with Crippen LogP contribution in [0.15, 0.2) is 18.3 Å². The fraction of sp³-hybridized carbons (Fsp3) is 0.706. The van der Waals surface area contributed by atoms with Gasteiger partial charge in [0.2, 0.25) is 0 Å². The molecule has 110 valence electrons. The van der Waals surface area contributed by atoms with Crippen molar-refractivity contribution in [3.05, 3.63) is 23.9 Å². The van der Waals surface area contributed by atoms with Gasteiger partial charge < -0.3 is 10.2 Å². The van der Waals surface area contributed by atoms with Crippen LogP contribution in [0.3, 0.4) is 0 Å². The van der Waals surface area contributed by atoms with E-state index in [1.165, 1.54) is 49.9 Å². The first kappa shape index (κ1) is 13.9. The fourth-order valence-electron chi connectivity index (χ4n) is 3.23. The van der Waals surface area contributed by atoms with E-state index in [1.54, 1.807) is 0 Å². The Labute approximate surface area is 122 Å². The lowest BCUT2D eigenvalue weighted by molar-refractivity contribution is 0.339. The van der Waals surface area contributed by atoms with Gasteiger partial charge in [0.1, 0.15) is 5.82 Å². The Morgan fingerprint density at radius 2 is 1.95 bits per heavy atom. The first-order valence-electron chi connectivity index (χ1n) is 8.14. The van der Waals surface area contributed by atoms with Crippen molar-refractivity contribution >= 4 is 5.82 Å². The second kappa shape index (κ2) is 6.13. The Hall–Kier alpha value is -1.09. The molecule has 0 radical (unpaired) electrons. The van der Waals surface area contributed by atoms with Gasteiger partial charge in [0.05, 0.1) is 0 Å². The molecule has 0 saturated heterocycles. The van der Waals surface area contributed by atoms with Gasteiger partial charge >= 0.3 is 0 Å². The molecule has 3 nitrogen and oxygen atoms in total. The average molecular weight is 273 g/mol. The van der Waals surface area contributed by atoms with Crippen LogP contribution in [0.5, 0.6) is 0 Å². The van der Waals surface area contributed by atoms with Gasteiger partial charge in [0.25, 0.3) is 0 Å². The molecule has 0 aliphatic heterocycles. The number of hydrogen-bond acceptors (Lipinski definition) is 3. The summed E-state index contributed by atoms with van der Waals surface area (Å²) in [7, 11) is 2.23. The molecule has 0 aromatic carbocycles. The molecular weight excluding hydrogens is 246 g/mol. The van der Waals surface area contributed by atoms with E-state index in [2.05, 4.69) is 41.3 Å². The minimum absolute atomic E-state index is 0.667. The van der Waals surface area contributed by atoms with E-state index < -0.39 is 0 Å². The first-order valence-corrected chi connectivity index (χ1v) is 8.14. The minimum Gasteiger partial charge on any atom is -0.356 e. The van der Waals surface area contributed by atoms with Crippen LogP contribution in [-0.2, 0) is 6.54 Å². The molecule has 0 atom stereocenters. The maximum absolute atomic E-state index is 4.66. The maximum Gasteiger partial charge on any atom is 0.132 e. The van der Waals surface area contributed by atoms with Crippen molar-refractivity contribution in [1.29, 1.82) is 0 Å². The van der Waals surface area contributed by atoms with Crippen molar-refractivity contribution in [3.8, 4) is 0 Å². The highest BCUT2D eigenvalue weighted by Crippen LogP contribution is 2.30. The van der Waals surface area contributed by atoms with Gasteiger partial charge in [-0.2, -0.15) is 0 Å². The number of pyridine rings is 1. The van der Waals surface area contributed by atoms with Crippen LogP contribution in [-0.4, -0.2) is 24.1 Å². The smallest absolute Gasteiger partial charge is 0.132 e. The van der Waals surface area contributed by atoms with E-state index in [0.29, 0.717) is 6.04 Å². The summed E-state index contributed by atoms with van der Waals surface area (Å²) >= 11 is 0. The van der Waals surface area contributed by atoms with Crippen LogP contribution in [0.2, 0.25) is 0 Å². The molecule has 1 aromatic heterocycles. The standard InChI is InChI=1S/C17H27N3/c1-13-5-9-16(10-6-13)20(2)17-14(4-3-11-18-17)12-19-15-7-8-15/h3-4,11,13,15-16,19H,5-10,12H2,1-2H3. The predicted molar refractivity (Wildman–Crippen MR) is 83.9 cm³/mol.